The minimum atomic E-state index is -3.16. The molecule has 0 radical (unpaired) electrons. The third-order valence-electron chi connectivity index (χ3n) is 2.70. The fraction of sp³-hybridized carbons (Fsp3) is 0.889. The van der Waals surface area contributed by atoms with E-state index >= 15 is 0 Å². The van der Waals surface area contributed by atoms with Crippen LogP contribution >= 0.6 is 0 Å². The summed E-state index contributed by atoms with van der Waals surface area (Å²) in [7, 11) is 0. The van der Waals surface area contributed by atoms with Crippen molar-refractivity contribution >= 4 is 5.97 Å². The molecule has 82 valence electrons. The van der Waals surface area contributed by atoms with Gasteiger partial charge in [-0.15, -0.1) is 0 Å². The predicted octanol–water partition coefficient (Wildman–Crippen LogP) is 1.91. The summed E-state index contributed by atoms with van der Waals surface area (Å²) in [6.45, 7) is 1.24. The zero-order chi connectivity index (χ0) is 10.8. The van der Waals surface area contributed by atoms with Crippen LogP contribution in [0.15, 0.2) is 0 Å². The van der Waals surface area contributed by atoms with Gasteiger partial charge >= 0.3 is 5.97 Å². The Balaban J connectivity index is 2.98. The molecule has 1 aliphatic heterocycles. The van der Waals surface area contributed by atoms with Crippen molar-refractivity contribution in [2.24, 2.45) is 5.41 Å². The summed E-state index contributed by atoms with van der Waals surface area (Å²) in [4.78, 5) is 10.9. The van der Waals surface area contributed by atoms with E-state index in [9.17, 15) is 13.6 Å². The first-order chi connectivity index (χ1) is 6.46. The highest BCUT2D eigenvalue weighted by Crippen LogP contribution is 2.46. The van der Waals surface area contributed by atoms with Gasteiger partial charge in [0.05, 0.1) is 13.2 Å². The zero-order valence-electron chi connectivity index (χ0n) is 8.06. The number of ether oxygens (including phenoxy) is 1. The summed E-state index contributed by atoms with van der Waals surface area (Å²) in [6, 6.07) is 0. The molecule has 1 heterocycles. The SMILES string of the molecule is CCCC1(C(=O)O)COCCC1(F)F. The van der Waals surface area contributed by atoms with E-state index in [0.717, 1.165) is 0 Å². The Labute approximate surface area is 81.1 Å². The van der Waals surface area contributed by atoms with Crippen LogP contribution in [0.2, 0.25) is 0 Å². The summed E-state index contributed by atoms with van der Waals surface area (Å²) in [5.74, 6) is -4.61. The molecule has 0 aromatic heterocycles. The average Bonchev–Trinajstić information content (AvgIpc) is 2.08. The van der Waals surface area contributed by atoms with E-state index in [2.05, 4.69) is 0 Å². The Hall–Kier alpha value is -0.710. The number of aliphatic carboxylic acids is 1. The molecule has 0 aromatic rings. The Morgan fingerprint density at radius 3 is 2.64 bits per heavy atom. The Morgan fingerprint density at radius 2 is 2.21 bits per heavy atom. The molecule has 5 heteroatoms. The van der Waals surface area contributed by atoms with Crippen molar-refractivity contribution in [1.82, 2.24) is 0 Å². The van der Waals surface area contributed by atoms with Crippen molar-refractivity contribution in [1.29, 1.82) is 0 Å². The average molecular weight is 208 g/mol. The van der Waals surface area contributed by atoms with Crippen LogP contribution in [0.1, 0.15) is 26.2 Å². The van der Waals surface area contributed by atoms with E-state index in [1.165, 1.54) is 0 Å². The topological polar surface area (TPSA) is 46.5 Å². The van der Waals surface area contributed by atoms with Crippen molar-refractivity contribution in [3.05, 3.63) is 0 Å². The lowest BCUT2D eigenvalue weighted by molar-refractivity contribution is -0.217. The summed E-state index contributed by atoms with van der Waals surface area (Å²) in [5.41, 5.74) is -2.01. The molecule has 1 rings (SSSR count). The number of halogens is 2. The predicted molar refractivity (Wildman–Crippen MR) is 45.4 cm³/mol. The molecule has 1 saturated heterocycles. The fourth-order valence-electron chi connectivity index (χ4n) is 1.80. The Bertz CT molecular complexity index is 226. The lowest BCUT2D eigenvalue weighted by atomic mass is 9.75. The third kappa shape index (κ3) is 1.61. The Kier molecular flexibility index (Phi) is 3.09. The van der Waals surface area contributed by atoms with Crippen molar-refractivity contribution in [2.75, 3.05) is 13.2 Å². The molecule has 1 unspecified atom stereocenters. The normalized spacial score (nSPS) is 31.4. The summed E-state index contributed by atoms with van der Waals surface area (Å²) in [6.07, 6.45) is -0.139. The number of carboxylic acids is 1. The van der Waals surface area contributed by atoms with Crippen LogP contribution in [0.4, 0.5) is 8.78 Å². The first-order valence-electron chi connectivity index (χ1n) is 4.65. The summed E-state index contributed by atoms with van der Waals surface area (Å²) < 4.78 is 31.9. The lowest BCUT2D eigenvalue weighted by Gasteiger charge is -2.39. The van der Waals surface area contributed by atoms with Gasteiger partial charge in [0.25, 0.3) is 5.92 Å². The van der Waals surface area contributed by atoms with Crippen LogP contribution in [0.25, 0.3) is 0 Å². The second kappa shape index (κ2) is 3.81. The molecule has 0 bridgehead atoms. The van der Waals surface area contributed by atoms with E-state index in [-0.39, 0.29) is 19.6 Å². The number of alkyl halides is 2. The van der Waals surface area contributed by atoms with Crippen LogP contribution in [0.5, 0.6) is 0 Å². The maximum Gasteiger partial charge on any atom is 0.318 e. The highest BCUT2D eigenvalue weighted by molar-refractivity contribution is 5.76. The molecular formula is C9H14F2O3. The van der Waals surface area contributed by atoms with Crippen molar-refractivity contribution in [2.45, 2.75) is 32.1 Å². The van der Waals surface area contributed by atoms with Gasteiger partial charge in [-0.25, -0.2) is 8.78 Å². The monoisotopic (exact) mass is 208 g/mol. The van der Waals surface area contributed by atoms with E-state index in [4.69, 9.17) is 9.84 Å². The maximum atomic E-state index is 13.5. The number of carboxylic acid groups (broad SMARTS) is 1. The van der Waals surface area contributed by atoms with Gasteiger partial charge in [-0.3, -0.25) is 4.79 Å². The van der Waals surface area contributed by atoms with Gasteiger partial charge in [-0.2, -0.15) is 0 Å². The molecule has 1 fully saturated rings. The molecule has 1 atom stereocenters. The van der Waals surface area contributed by atoms with Gasteiger partial charge in [-0.1, -0.05) is 13.3 Å². The van der Waals surface area contributed by atoms with Gasteiger partial charge in [-0.05, 0) is 6.42 Å². The molecule has 1 N–H and O–H groups in total. The van der Waals surface area contributed by atoms with Crippen LogP contribution in [0.3, 0.4) is 0 Å². The number of carbonyl (C=O) groups is 1. The summed E-state index contributed by atoms with van der Waals surface area (Å²) in [5, 5.41) is 8.90. The Morgan fingerprint density at radius 1 is 1.57 bits per heavy atom. The molecule has 0 spiro atoms. The minimum Gasteiger partial charge on any atom is -0.481 e. The molecule has 14 heavy (non-hydrogen) atoms. The third-order valence-corrected chi connectivity index (χ3v) is 2.70. The zero-order valence-corrected chi connectivity index (χ0v) is 8.06. The first-order valence-corrected chi connectivity index (χ1v) is 4.65. The molecule has 0 saturated carbocycles. The van der Waals surface area contributed by atoms with E-state index in [1.54, 1.807) is 6.92 Å². The summed E-state index contributed by atoms with van der Waals surface area (Å²) >= 11 is 0. The molecule has 3 nitrogen and oxygen atoms in total. The first kappa shape index (κ1) is 11.4. The highest BCUT2D eigenvalue weighted by atomic mass is 19.3. The largest absolute Gasteiger partial charge is 0.481 e. The van der Waals surface area contributed by atoms with Gasteiger partial charge in [0.2, 0.25) is 0 Å². The fourth-order valence-corrected chi connectivity index (χ4v) is 1.80. The van der Waals surface area contributed by atoms with E-state index in [0.29, 0.717) is 6.42 Å². The molecule has 0 aliphatic carbocycles. The number of rotatable bonds is 3. The lowest BCUT2D eigenvalue weighted by Crippen LogP contribution is -2.54. The van der Waals surface area contributed by atoms with E-state index in [1.807, 2.05) is 0 Å². The number of hydrogen-bond acceptors (Lipinski definition) is 2. The highest BCUT2D eigenvalue weighted by Gasteiger charge is 2.60. The quantitative estimate of drug-likeness (QED) is 0.770. The second-order valence-corrected chi connectivity index (χ2v) is 3.64. The van der Waals surface area contributed by atoms with Crippen molar-refractivity contribution in [3.63, 3.8) is 0 Å². The van der Waals surface area contributed by atoms with Gasteiger partial charge in [0.15, 0.2) is 5.41 Å². The van der Waals surface area contributed by atoms with Crippen LogP contribution in [-0.4, -0.2) is 30.2 Å². The molecule has 1 aliphatic rings. The van der Waals surface area contributed by atoms with Gasteiger partial charge < -0.3 is 9.84 Å². The van der Waals surface area contributed by atoms with Crippen molar-refractivity contribution < 1.29 is 23.4 Å². The van der Waals surface area contributed by atoms with Crippen LogP contribution in [0, 0.1) is 5.41 Å². The van der Waals surface area contributed by atoms with Gasteiger partial charge in [0.1, 0.15) is 0 Å². The number of hydrogen-bond donors (Lipinski definition) is 1. The van der Waals surface area contributed by atoms with Crippen molar-refractivity contribution in [3.8, 4) is 0 Å². The standard InChI is InChI=1S/C9H14F2O3/c1-2-3-8(7(12)13)6-14-5-4-9(8,10)11/h2-6H2,1H3,(H,12,13). The second-order valence-electron chi connectivity index (χ2n) is 3.64. The smallest absolute Gasteiger partial charge is 0.318 e. The molecule has 0 amide bonds. The minimum absolute atomic E-state index is 0.0463. The van der Waals surface area contributed by atoms with Crippen LogP contribution < -0.4 is 0 Å². The maximum absolute atomic E-state index is 13.5. The van der Waals surface area contributed by atoms with Gasteiger partial charge in [0, 0.05) is 6.42 Å². The molecule has 0 aromatic carbocycles. The van der Waals surface area contributed by atoms with Crippen LogP contribution in [-0.2, 0) is 9.53 Å². The van der Waals surface area contributed by atoms with E-state index < -0.39 is 23.7 Å². The molecular weight excluding hydrogens is 194 g/mol.